The van der Waals surface area contributed by atoms with Crippen molar-refractivity contribution in [3.05, 3.63) is 40.2 Å². The lowest BCUT2D eigenvalue weighted by Gasteiger charge is -2.26. The Kier molecular flexibility index (Phi) is 5.94. The van der Waals surface area contributed by atoms with Gasteiger partial charge in [0.15, 0.2) is 0 Å². The number of anilines is 4. The van der Waals surface area contributed by atoms with Crippen molar-refractivity contribution in [2.24, 2.45) is 0 Å². The van der Waals surface area contributed by atoms with Crippen molar-refractivity contribution in [2.75, 3.05) is 55.8 Å². The van der Waals surface area contributed by atoms with Gasteiger partial charge in [-0.3, -0.25) is 15.0 Å². The van der Waals surface area contributed by atoms with Crippen molar-refractivity contribution >= 4 is 29.0 Å². The third-order valence-corrected chi connectivity index (χ3v) is 4.00. The minimum Gasteiger partial charge on any atom is -0.379 e. The van der Waals surface area contributed by atoms with Crippen molar-refractivity contribution < 1.29 is 14.1 Å². The molecule has 1 aliphatic rings. The van der Waals surface area contributed by atoms with Gasteiger partial charge < -0.3 is 21.1 Å². The van der Waals surface area contributed by atoms with Crippen LogP contribution >= 0.6 is 0 Å². The van der Waals surface area contributed by atoms with E-state index in [9.17, 15) is 14.5 Å². The Bertz CT molecular complexity index is 815. The number of nitrogens with two attached hydrogens (primary N) is 1. The quantitative estimate of drug-likeness (QED) is 0.486. The van der Waals surface area contributed by atoms with Crippen molar-refractivity contribution in [1.29, 1.82) is 0 Å². The lowest BCUT2D eigenvalue weighted by molar-refractivity contribution is -0.383. The number of benzene rings is 1. The van der Waals surface area contributed by atoms with Gasteiger partial charge in [-0.25, -0.2) is 4.39 Å². The first-order valence-electron chi connectivity index (χ1n) is 8.41. The topological polar surface area (TPSA) is 131 Å². The fourth-order valence-corrected chi connectivity index (χ4v) is 2.67. The molecule has 2 aromatic rings. The second-order valence-electron chi connectivity index (χ2n) is 5.90. The van der Waals surface area contributed by atoms with Gasteiger partial charge in [0.05, 0.1) is 18.1 Å². The van der Waals surface area contributed by atoms with Gasteiger partial charge in [0.2, 0.25) is 17.6 Å². The molecule has 0 radical (unpaired) electrons. The van der Waals surface area contributed by atoms with Crippen molar-refractivity contribution in [2.45, 2.75) is 0 Å². The molecule has 10 nitrogen and oxygen atoms in total. The summed E-state index contributed by atoms with van der Waals surface area (Å²) in [6.07, 6.45) is 0. The molecule has 11 heteroatoms. The molecule has 27 heavy (non-hydrogen) atoms. The first kappa shape index (κ1) is 18.7. The van der Waals surface area contributed by atoms with Crippen LogP contribution in [0.25, 0.3) is 0 Å². The van der Waals surface area contributed by atoms with E-state index in [4.69, 9.17) is 10.5 Å². The number of hydrogen-bond donors (Lipinski definition) is 3. The summed E-state index contributed by atoms with van der Waals surface area (Å²) in [4.78, 5) is 21.0. The summed E-state index contributed by atoms with van der Waals surface area (Å²) in [5, 5.41) is 17.1. The van der Waals surface area contributed by atoms with Crippen LogP contribution in [-0.4, -0.2) is 59.2 Å². The first-order chi connectivity index (χ1) is 13.0. The molecular formula is C16H20FN7O3. The number of hydrogen-bond acceptors (Lipinski definition) is 9. The normalized spacial score (nSPS) is 14.7. The minimum absolute atomic E-state index is 0.105. The molecule has 1 fully saturated rings. The van der Waals surface area contributed by atoms with Crippen molar-refractivity contribution in [3.8, 4) is 0 Å². The highest BCUT2D eigenvalue weighted by molar-refractivity contribution is 5.74. The van der Waals surface area contributed by atoms with E-state index in [0.29, 0.717) is 25.4 Å². The Labute approximate surface area is 154 Å². The van der Waals surface area contributed by atoms with Crippen LogP contribution in [0.5, 0.6) is 0 Å². The van der Waals surface area contributed by atoms with Crippen LogP contribution in [0.2, 0.25) is 0 Å². The van der Waals surface area contributed by atoms with Gasteiger partial charge in [-0.05, 0) is 18.2 Å². The van der Waals surface area contributed by atoms with Crippen molar-refractivity contribution in [3.63, 3.8) is 0 Å². The van der Waals surface area contributed by atoms with E-state index in [2.05, 4.69) is 25.5 Å². The lowest BCUT2D eigenvalue weighted by atomic mass is 10.3. The Morgan fingerprint density at radius 3 is 2.81 bits per heavy atom. The molecule has 0 aliphatic carbocycles. The lowest BCUT2D eigenvalue weighted by Crippen LogP contribution is -2.39. The second-order valence-corrected chi connectivity index (χ2v) is 5.90. The second kappa shape index (κ2) is 8.56. The molecule has 1 aromatic heterocycles. The monoisotopic (exact) mass is 377 g/mol. The predicted molar refractivity (Wildman–Crippen MR) is 98.5 cm³/mol. The average molecular weight is 377 g/mol. The SMILES string of the molecule is Nc1nc(NCCN2CCOCC2)nc(Nc2cccc(F)c2)c1[N+](=O)[O-]. The van der Waals surface area contributed by atoms with Crippen LogP contribution in [0.1, 0.15) is 0 Å². The van der Waals surface area contributed by atoms with Crippen LogP contribution in [0, 0.1) is 15.9 Å². The molecule has 4 N–H and O–H groups in total. The maximum Gasteiger partial charge on any atom is 0.353 e. The zero-order valence-electron chi connectivity index (χ0n) is 14.5. The Morgan fingerprint density at radius 1 is 1.33 bits per heavy atom. The molecule has 1 saturated heterocycles. The van der Waals surface area contributed by atoms with E-state index in [1.165, 1.54) is 18.2 Å². The highest BCUT2D eigenvalue weighted by Crippen LogP contribution is 2.31. The van der Waals surface area contributed by atoms with Gasteiger partial charge in [0, 0.05) is 31.9 Å². The van der Waals surface area contributed by atoms with E-state index in [1.807, 2.05) is 0 Å². The molecule has 0 amide bonds. The maximum absolute atomic E-state index is 13.4. The Balaban J connectivity index is 1.75. The number of ether oxygens (including phenoxy) is 1. The molecule has 0 atom stereocenters. The molecule has 0 unspecified atom stereocenters. The van der Waals surface area contributed by atoms with Crippen LogP contribution in [0.15, 0.2) is 24.3 Å². The molecule has 0 spiro atoms. The molecule has 0 saturated carbocycles. The highest BCUT2D eigenvalue weighted by Gasteiger charge is 2.23. The molecule has 3 rings (SSSR count). The number of aromatic nitrogens is 2. The van der Waals surface area contributed by atoms with Crippen LogP contribution in [0.3, 0.4) is 0 Å². The van der Waals surface area contributed by atoms with E-state index >= 15 is 0 Å². The summed E-state index contributed by atoms with van der Waals surface area (Å²) >= 11 is 0. The minimum atomic E-state index is -0.672. The molecule has 0 bridgehead atoms. The smallest absolute Gasteiger partial charge is 0.353 e. The van der Waals surface area contributed by atoms with Gasteiger partial charge in [0.1, 0.15) is 5.82 Å². The predicted octanol–water partition coefficient (Wildman–Crippen LogP) is 1.59. The first-order valence-corrected chi connectivity index (χ1v) is 8.41. The summed E-state index contributed by atoms with van der Waals surface area (Å²) in [5.74, 6) is -0.700. The summed E-state index contributed by atoms with van der Waals surface area (Å²) < 4.78 is 18.7. The molecule has 144 valence electrons. The molecular weight excluding hydrogens is 357 g/mol. The van der Waals surface area contributed by atoms with E-state index in [0.717, 1.165) is 19.6 Å². The number of nitrogen functional groups attached to an aromatic ring is 1. The third kappa shape index (κ3) is 4.99. The Morgan fingerprint density at radius 2 is 2.11 bits per heavy atom. The van der Waals surface area contributed by atoms with E-state index in [1.54, 1.807) is 6.07 Å². The highest BCUT2D eigenvalue weighted by atomic mass is 19.1. The van der Waals surface area contributed by atoms with Gasteiger partial charge in [-0.2, -0.15) is 9.97 Å². The molecule has 2 heterocycles. The van der Waals surface area contributed by atoms with Gasteiger partial charge in [-0.15, -0.1) is 0 Å². The maximum atomic E-state index is 13.4. The number of halogens is 1. The number of nitro groups is 1. The fourth-order valence-electron chi connectivity index (χ4n) is 2.67. The average Bonchev–Trinajstić information content (AvgIpc) is 2.62. The zero-order chi connectivity index (χ0) is 19.2. The van der Waals surface area contributed by atoms with Crippen LogP contribution in [0.4, 0.5) is 33.3 Å². The summed E-state index contributed by atoms with van der Waals surface area (Å²) in [5.41, 5.74) is 5.60. The van der Waals surface area contributed by atoms with E-state index in [-0.39, 0.29) is 17.6 Å². The number of nitrogens with one attached hydrogen (secondary N) is 2. The van der Waals surface area contributed by atoms with Crippen LogP contribution in [-0.2, 0) is 4.74 Å². The summed E-state index contributed by atoms with van der Waals surface area (Å²) in [6.45, 7) is 4.37. The van der Waals surface area contributed by atoms with Gasteiger partial charge in [-0.1, -0.05) is 6.07 Å². The largest absolute Gasteiger partial charge is 0.379 e. The fraction of sp³-hybridized carbons (Fsp3) is 0.375. The number of nitrogens with zero attached hydrogens (tertiary/aromatic N) is 4. The zero-order valence-corrected chi connectivity index (χ0v) is 14.5. The van der Waals surface area contributed by atoms with E-state index < -0.39 is 16.4 Å². The summed E-state index contributed by atoms with van der Waals surface area (Å²) in [7, 11) is 0. The molecule has 1 aromatic carbocycles. The number of rotatable bonds is 7. The van der Waals surface area contributed by atoms with Crippen molar-refractivity contribution in [1.82, 2.24) is 14.9 Å². The molecule has 1 aliphatic heterocycles. The third-order valence-electron chi connectivity index (χ3n) is 4.00. The van der Waals surface area contributed by atoms with Crippen LogP contribution < -0.4 is 16.4 Å². The Hall–Kier alpha value is -3.05. The van der Waals surface area contributed by atoms with Gasteiger partial charge >= 0.3 is 5.69 Å². The standard InChI is InChI=1S/C16H20FN7O3/c17-11-2-1-3-12(10-11)20-15-13(24(25)26)14(18)21-16(22-15)19-4-5-23-6-8-27-9-7-23/h1-3,10H,4-9H2,(H4,18,19,20,21,22). The van der Waals surface area contributed by atoms with Gasteiger partial charge in [0.25, 0.3) is 0 Å². The number of morpholine rings is 1. The summed E-state index contributed by atoms with van der Waals surface area (Å²) in [6, 6.07) is 5.52.